The van der Waals surface area contributed by atoms with Gasteiger partial charge in [-0.15, -0.1) is 0 Å². The summed E-state index contributed by atoms with van der Waals surface area (Å²) in [6.45, 7) is 6.26. The van der Waals surface area contributed by atoms with Crippen molar-refractivity contribution in [1.29, 1.82) is 0 Å². The van der Waals surface area contributed by atoms with Gasteiger partial charge in [0.2, 0.25) is 5.90 Å². The molecule has 0 radical (unpaired) electrons. The largest absolute Gasteiger partial charge is 0.438 e. The van der Waals surface area contributed by atoms with Crippen LogP contribution in [0, 0.1) is 13.8 Å². The van der Waals surface area contributed by atoms with Crippen molar-refractivity contribution < 1.29 is 9.57 Å². The van der Waals surface area contributed by atoms with E-state index < -0.39 is 5.41 Å². The predicted octanol–water partition coefficient (Wildman–Crippen LogP) is 3.96. The Kier molecular flexibility index (Phi) is 3.20. The van der Waals surface area contributed by atoms with Gasteiger partial charge >= 0.3 is 0 Å². The van der Waals surface area contributed by atoms with E-state index in [0.29, 0.717) is 5.90 Å². The Hall–Kier alpha value is -2.29. The van der Waals surface area contributed by atoms with E-state index in [1.54, 1.807) is 7.11 Å². The van der Waals surface area contributed by atoms with Gasteiger partial charge in [0.25, 0.3) is 0 Å². The van der Waals surface area contributed by atoms with E-state index in [9.17, 15) is 0 Å². The number of ether oxygens (including phenoxy) is 1. The Labute approximate surface area is 125 Å². The van der Waals surface area contributed by atoms with Crippen LogP contribution in [0.3, 0.4) is 0 Å². The zero-order valence-electron chi connectivity index (χ0n) is 12.8. The molecule has 3 rings (SSSR count). The van der Waals surface area contributed by atoms with Crippen molar-refractivity contribution in [2.75, 3.05) is 7.11 Å². The lowest BCUT2D eigenvalue weighted by atomic mass is 9.77. The van der Waals surface area contributed by atoms with Crippen LogP contribution in [-0.2, 0) is 10.3 Å². The van der Waals surface area contributed by atoms with E-state index in [1.165, 1.54) is 11.1 Å². The van der Waals surface area contributed by atoms with Crippen molar-refractivity contribution in [2.24, 2.45) is 5.16 Å². The fourth-order valence-electron chi connectivity index (χ4n) is 2.81. The van der Waals surface area contributed by atoms with Gasteiger partial charge in [0.05, 0.1) is 0 Å². The minimum atomic E-state index is -0.424. The first kappa shape index (κ1) is 13.7. The lowest BCUT2D eigenvalue weighted by Crippen LogP contribution is -2.32. The molecule has 2 aromatic carbocycles. The second-order valence-corrected chi connectivity index (χ2v) is 5.67. The van der Waals surface area contributed by atoms with Gasteiger partial charge in [0, 0.05) is 5.56 Å². The van der Waals surface area contributed by atoms with Crippen LogP contribution in [0.15, 0.2) is 47.6 Å². The third-order valence-electron chi connectivity index (χ3n) is 4.11. The van der Waals surface area contributed by atoms with E-state index in [1.807, 2.05) is 6.07 Å². The molecule has 1 heterocycles. The monoisotopic (exact) mass is 281 g/mol. The average Bonchev–Trinajstić information content (AvgIpc) is 2.73. The first-order valence-corrected chi connectivity index (χ1v) is 7.03. The molecule has 0 amide bonds. The molecule has 1 atom stereocenters. The summed E-state index contributed by atoms with van der Waals surface area (Å²) < 4.78 is 5.95. The van der Waals surface area contributed by atoms with Crippen LogP contribution in [0.4, 0.5) is 0 Å². The maximum Gasteiger partial charge on any atom is 0.246 e. The molecule has 0 spiro atoms. The van der Waals surface area contributed by atoms with Crippen LogP contribution in [0.25, 0.3) is 0 Å². The number of fused-ring (bicyclic) bond motifs is 1. The molecule has 1 unspecified atom stereocenters. The van der Waals surface area contributed by atoms with Crippen molar-refractivity contribution in [3.8, 4) is 5.75 Å². The highest BCUT2D eigenvalue weighted by atomic mass is 16.6. The van der Waals surface area contributed by atoms with Crippen molar-refractivity contribution in [2.45, 2.75) is 26.2 Å². The van der Waals surface area contributed by atoms with Gasteiger partial charge < -0.3 is 9.57 Å². The fraction of sp³-hybridized carbons (Fsp3) is 0.278. The molecule has 3 heteroatoms. The topological polar surface area (TPSA) is 30.8 Å². The highest BCUT2D eigenvalue weighted by molar-refractivity contribution is 5.97. The summed E-state index contributed by atoms with van der Waals surface area (Å²) in [4.78, 5) is 4.99. The lowest BCUT2D eigenvalue weighted by molar-refractivity contribution is 0.203. The molecular weight excluding hydrogens is 262 g/mol. The number of oxime groups is 1. The van der Waals surface area contributed by atoms with Crippen molar-refractivity contribution in [1.82, 2.24) is 0 Å². The minimum Gasteiger partial charge on any atom is -0.438 e. The molecular formula is C18H19NO2. The number of hydrogen-bond acceptors (Lipinski definition) is 3. The first-order valence-electron chi connectivity index (χ1n) is 7.03. The molecule has 0 aromatic heterocycles. The Bertz CT molecular complexity index is 704. The quantitative estimate of drug-likeness (QED) is 0.780. The van der Waals surface area contributed by atoms with E-state index >= 15 is 0 Å². The minimum absolute atomic E-state index is 0.424. The third-order valence-corrected chi connectivity index (χ3v) is 4.11. The van der Waals surface area contributed by atoms with Gasteiger partial charge in [-0.05, 0) is 38.0 Å². The summed E-state index contributed by atoms with van der Waals surface area (Å²) in [5, 5.41) is 4.11. The zero-order chi connectivity index (χ0) is 15.0. The van der Waals surface area contributed by atoms with Gasteiger partial charge in [-0.2, -0.15) is 0 Å². The first-order chi connectivity index (χ1) is 10.1. The van der Waals surface area contributed by atoms with Crippen molar-refractivity contribution >= 4 is 5.90 Å². The fourth-order valence-corrected chi connectivity index (χ4v) is 2.81. The lowest BCUT2D eigenvalue weighted by Gasteiger charge is -2.23. The molecule has 1 aliphatic rings. The normalized spacial score (nSPS) is 22.0. The van der Waals surface area contributed by atoms with Gasteiger partial charge in [-0.3, -0.25) is 0 Å². The zero-order valence-corrected chi connectivity index (χ0v) is 12.8. The summed E-state index contributed by atoms with van der Waals surface area (Å²) in [5.41, 5.74) is 4.24. The maximum atomic E-state index is 5.95. The molecule has 21 heavy (non-hydrogen) atoms. The molecule has 0 bridgehead atoms. The van der Waals surface area contributed by atoms with Crippen LogP contribution >= 0.6 is 0 Å². The maximum absolute atomic E-state index is 5.95. The molecule has 1 aliphatic heterocycles. The van der Waals surface area contributed by atoms with Crippen LogP contribution in [-0.4, -0.2) is 13.0 Å². The molecule has 0 aliphatic carbocycles. The Balaban J connectivity index is 2.21. The second kappa shape index (κ2) is 4.92. The summed E-state index contributed by atoms with van der Waals surface area (Å²) in [7, 11) is 1.54. The van der Waals surface area contributed by atoms with Crippen LogP contribution in [0.2, 0.25) is 0 Å². The SMILES string of the molecule is CON=C1Oc2cc(C)ccc2C1(C)c1ccc(C)cc1. The van der Waals surface area contributed by atoms with Crippen molar-refractivity contribution in [3.05, 3.63) is 64.7 Å². The van der Waals surface area contributed by atoms with E-state index in [2.05, 4.69) is 62.3 Å². The molecule has 0 saturated carbocycles. The van der Waals surface area contributed by atoms with Gasteiger partial charge in [-0.25, -0.2) is 0 Å². The molecule has 0 saturated heterocycles. The van der Waals surface area contributed by atoms with E-state index in [4.69, 9.17) is 9.57 Å². The number of rotatable bonds is 2. The number of hydrogen-bond donors (Lipinski definition) is 0. The molecule has 0 N–H and O–H groups in total. The predicted molar refractivity (Wildman–Crippen MR) is 83.9 cm³/mol. The average molecular weight is 281 g/mol. The summed E-state index contributed by atoms with van der Waals surface area (Å²) in [6.07, 6.45) is 0. The third kappa shape index (κ3) is 2.09. The number of benzene rings is 2. The Morgan fingerprint density at radius 3 is 2.33 bits per heavy atom. The van der Waals surface area contributed by atoms with Crippen LogP contribution in [0.5, 0.6) is 5.75 Å². The van der Waals surface area contributed by atoms with Gasteiger partial charge in [0.1, 0.15) is 18.3 Å². The molecule has 3 nitrogen and oxygen atoms in total. The van der Waals surface area contributed by atoms with E-state index in [0.717, 1.165) is 16.9 Å². The van der Waals surface area contributed by atoms with Gasteiger partial charge in [-0.1, -0.05) is 47.1 Å². The highest BCUT2D eigenvalue weighted by Crippen LogP contribution is 2.45. The van der Waals surface area contributed by atoms with Gasteiger partial charge in [0.15, 0.2) is 0 Å². The highest BCUT2D eigenvalue weighted by Gasteiger charge is 2.45. The Morgan fingerprint density at radius 1 is 1.00 bits per heavy atom. The van der Waals surface area contributed by atoms with E-state index in [-0.39, 0.29) is 0 Å². The number of nitrogens with zero attached hydrogens (tertiary/aromatic N) is 1. The van der Waals surface area contributed by atoms with Crippen LogP contribution < -0.4 is 4.74 Å². The molecule has 2 aromatic rings. The van der Waals surface area contributed by atoms with Crippen molar-refractivity contribution in [3.63, 3.8) is 0 Å². The standard InChI is InChI=1S/C18H19NO2/c1-12-5-8-14(9-6-12)18(3)15-10-7-13(2)11-16(15)21-17(18)19-20-4/h5-11H,1-4H3. The molecule has 0 fully saturated rings. The molecule has 108 valence electrons. The summed E-state index contributed by atoms with van der Waals surface area (Å²) >= 11 is 0. The Morgan fingerprint density at radius 2 is 1.67 bits per heavy atom. The number of aryl methyl sites for hydroxylation is 2. The summed E-state index contributed by atoms with van der Waals surface area (Å²) in [6, 6.07) is 14.7. The summed E-state index contributed by atoms with van der Waals surface area (Å²) in [5.74, 6) is 1.43. The second-order valence-electron chi connectivity index (χ2n) is 5.67. The smallest absolute Gasteiger partial charge is 0.246 e. The van der Waals surface area contributed by atoms with Crippen LogP contribution in [0.1, 0.15) is 29.2 Å².